The summed E-state index contributed by atoms with van der Waals surface area (Å²) in [6.45, 7) is 4.65. The van der Waals surface area contributed by atoms with E-state index in [4.69, 9.17) is 0 Å². The van der Waals surface area contributed by atoms with E-state index in [-0.39, 0.29) is 16.8 Å². The Morgan fingerprint density at radius 1 is 1.09 bits per heavy atom. The van der Waals surface area contributed by atoms with Crippen molar-refractivity contribution in [3.63, 3.8) is 0 Å². The number of benzene rings is 1. The Morgan fingerprint density at radius 2 is 1.82 bits per heavy atom. The number of aromatic nitrogens is 3. The van der Waals surface area contributed by atoms with Gasteiger partial charge in [0.2, 0.25) is 0 Å². The lowest BCUT2D eigenvalue weighted by Gasteiger charge is -2.42. The number of fused-ring (bicyclic) bond motifs is 2. The number of alkyl halides is 1. The second-order valence-electron chi connectivity index (χ2n) is 10.3. The molecule has 0 saturated carbocycles. The first-order valence-electron chi connectivity index (χ1n) is 11.7. The predicted molar refractivity (Wildman–Crippen MR) is 130 cm³/mol. The van der Waals surface area contributed by atoms with Gasteiger partial charge in [-0.3, -0.25) is 9.36 Å². The number of hydrogen-bond acceptors (Lipinski definition) is 6. The highest BCUT2D eigenvalue weighted by molar-refractivity contribution is 5.74. The third kappa shape index (κ3) is 4.42. The molecule has 2 aliphatic heterocycles. The Hall–Kier alpha value is -3.26. The maximum atomic E-state index is 12.8. The van der Waals surface area contributed by atoms with E-state index < -0.39 is 12.4 Å². The van der Waals surface area contributed by atoms with Crippen molar-refractivity contribution in [1.29, 1.82) is 0 Å². The normalized spacial score (nSPS) is 25.9. The number of pyridine rings is 1. The Labute approximate surface area is 198 Å². The molecule has 34 heavy (non-hydrogen) atoms. The van der Waals surface area contributed by atoms with Gasteiger partial charge in [0.1, 0.15) is 11.6 Å². The summed E-state index contributed by atoms with van der Waals surface area (Å²) >= 11 is 0. The summed E-state index contributed by atoms with van der Waals surface area (Å²) < 4.78 is 13.7. The smallest absolute Gasteiger partial charge is 0.253 e. The van der Waals surface area contributed by atoms with Gasteiger partial charge < -0.3 is 15.7 Å². The molecule has 3 aromatic rings. The zero-order chi connectivity index (χ0) is 23.9. The van der Waals surface area contributed by atoms with Crippen LogP contribution in [-0.4, -0.2) is 37.5 Å². The Balaban J connectivity index is 1.26. The average Bonchev–Trinajstić information content (AvgIpc) is 3.04. The third-order valence-corrected chi connectivity index (χ3v) is 7.28. The molecular weight excluding hydrogens is 433 g/mol. The number of rotatable bonds is 6. The second kappa shape index (κ2) is 8.51. The molecule has 2 aromatic heterocycles. The molecular formula is C26H30FN5O2. The number of anilines is 1. The van der Waals surface area contributed by atoms with Gasteiger partial charge in [-0.1, -0.05) is 6.07 Å². The Bertz CT molecular complexity index is 1240. The molecule has 2 aliphatic rings. The number of halogens is 1. The molecule has 5 rings (SSSR count). The first-order chi connectivity index (χ1) is 16.3. The van der Waals surface area contributed by atoms with Gasteiger partial charge in [-0.05, 0) is 86.9 Å². The first kappa shape index (κ1) is 22.5. The molecule has 3 N–H and O–H groups in total. The van der Waals surface area contributed by atoms with Crippen LogP contribution in [0.1, 0.15) is 39.5 Å². The summed E-state index contributed by atoms with van der Waals surface area (Å²) in [5.41, 5.74) is 2.42. The largest absolute Gasteiger partial charge is 0.507 e. The van der Waals surface area contributed by atoms with Crippen LogP contribution in [0, 0.1) is 5.92 Å². The van der Waals surface area contributed by atoms with Crippen LogP contribution in [-0.2, 0) is 6.80 Å². The van der Waals surface area contributed by atoms with Gasteiger partial charge in [0, 0.05) is 35.4 Å². The molecule has 2 unspecified atom stereocenters. The van der Waals surface area contributed by atoms with Gasteiger partial charge in [-0.15, -0.1) is 10.2 Å². The van der Waals surface area contributed by atoms with Crippen LogP contribution in [0.3, 0.4) is 0 Å². The van der Waals surface area contributed by atoms with E-state index in [1.807, 2.05) is 12.1 Å². The minimum absolute atomic E-state index is 0.0360. The standard InChI is InChI=1S/C26H30FN5O2/c1-25-8-9-26(2,31-25)14-17(13-25)15-28-23-6-5-21(29-30-23)20-4-3-18(11-22(20)33)19-7-10-32(16-27)24(34)12-19/h3-7,10-12,17,31,33H,8-9,13-16H2,1-2H3,(H,28,30). The summed E-state index contributed by atoms with van der Waals surface area (Å²) in [7, 11) is 0. The van der Waals surface area contributed by atoms with Crippen LogP contribution in [0.5, 0.6) is 5.75 Å². The van der Waals surface area contributed by atoms with Gasteiger partial charge in [0.15, 0.2) is 6.80 Å². The van der Waals surface area contributed by atoms with Gasteiger partial charge >= 0.3 is 0 Å². The van der Waals surface area contributed by atoms with Crippen LogP contribution in [0.15, 0.2) is 53.5 Å². The number of hydrogen-bond donors (Lipinski definition) is 3. The highest BCUT2D eigenvalue weighted by Crippen LogP contribution is 2.44. The van der Waals surface area contributed by atoms with E-state index in [9.17, 15) is 14.3 Å². The molecule has 2 fully saturated rings. The maximum Gasteiger partial charge on any atom is 0.253 e. The van der Waals surface area contributed by atoms with E-state index in [0.717, 1.165) is 29.8 Å². The van der Waals surface area contributed by atoms with E-state index in [0.29, 0.717) is 28.3 Å². The van der Waals surface area contributed by atoms with Crippen LogP contribution < -0.4 is 16.2 Å². The van der Waals surface area contributed by atoms with Crippen molar-refractivity contribution >= 4 is 5.82 Å². The lowest BCUT2D eigenvalue weighted by Crippen LogP contribution is -2.54. The maximum absolute atomic E-state index is 12.8. The third-order valence-electron chi connectivity index (χ3n) is 7.28. The fourth-order valence-corrected chi connectivity index (χ4v) is 5.74. The van der Waals surface area contributed by atoms with E-state index in [1.54, 1.807) is 24.3 Å². The van der Waals surface area contributed by atoms with Crippen LogP contribution in [0.2, 0.25) is 0 Å². The van der Waals surface area contributed by atoms with Crippen molar-refractivity contribution in [2.75, 3.05) is 11.9 Å². The van der Waals surface area contributed by atoms with Crippen LogP contribution in [0.4, 0.5) is 10.2 Å². The van der Waals surface area contributed by atoms with Gasteiger partial charge in [0.05, 0.1) is 5.69 Å². The minimum Gasteiger partial charge on any atom is -0.507 e. The van der Waals surface area contributed by atoms with Crippen LogP contribution in [0.25, 0.3) is 22.4 Å². The first-order valence-corrected chi connectivity index (χ1v) is 11.7. The molecule has 1 aromatic carbocycles. The molecule has 0 aliphatic carbocycles. The number of phenolic OH excluding ortho intramolecular Hbond substituents is 1. The van der Waals surface area contributed by atoms with Crippen molar-refractivity contribution < 1.29 is 9.50 Å². The molecule has 2 saturated heterocycles. The van der Waals surface area contributed by atoms with Gasteiger partial charge in [-0.2, -0.15) is 0 Å². The SMILES string of the molecule is CC12CCC(C)(CC(CNc3ccc(-c4ccc(-c5ccn(CF)c(=O)c5)cc4O)nn3)C1)N2. The molecule has 7 nitrogen and oxygen atoms in total. The molecule has 2 bridgehead atoms. The van der Waals surface area contributed by atoms with Crippen LogP contribution >= 0.6 is 0 Å². The Morgan fingerprint density at radius 3 is 2.44 bits per heavy atom. The molecule has 0 spiro atoms. The molecule has 4 heterocycles. The number of piperidine rings is 1. The van der Waals surface area contributed by atoms with Gasteiger partial charge in [-0.25, -0.2) is 4.39 Å². The molecule has 2 atom stereocenters. The second-order valence-corrected chi connectivity index (χ2v) is 10.3. The summed E-state index contributed by atoms with van der Waals surface area (Å²) in [4.78, 5) is 11.9. The predicted octanol–water partition coefficient (Wildman–Crippen LogP) is 4.33. The Kier molecular flexibility index (Phi) is 5.64. The van der Waals surface area contributed by atoms with E-state index >= 15 is 0 Å². The summed E-state index contributed by atoms with van der Waals surface area (Å²) in [5.74, 6) is 1.34. The topological polar surface area (TPSA) is 92.1 Å². The van der Waals surface area contributed by atoms with Crippen molar-refractivity contribution in [3.8, 4) is 28.1 Å². The lowest BCUT2D eigenvalue weighted by molar-refractivity contribution is 0.178. The molecule has 0 amide bonds. The van der Waals surface area contributed by atoms with E-state index in [2.05, 4.69) is 34.7 Å². The number of nitrogens with one attached hydrogen (secondary N) is 2. The zero-order valence-corrected chi connectivity index (χ0v) is 19.5. The highest BCUT2D eigenvalue weighted by atomic mass is 19.1. The highest BCUT2D eigenvalue weighted by Gasteiger charge is 2.48. The fraction of sp³-hybridized carbons (Fsp3) is 0.423. The fourth-order valence-electron chi connectivity index (χ4n) is 5.74. The number of nitrogens with zero attached hydrogens (tertiary/aromatic N) is 3. The van der Waals surface area contributed by atoms with Crippen molar-refractivity contribution in [2.45, 2.75) is 57.4 Å². The number of aromatic hydroxyl groups is 1. The molecule has 178 valence electrons. The molecule has 0 radical (unpaired) electrons. The van der Waals surface area contributed by atoms with Crippen molar-refractivity contribution in [1.82, 2.24) is 20.1 Å². The summed E-state index contributed by atoms with van der Waals surface area (Å²) in [6, 6.07) is 11.8. The van der Waals surface area contributed by atoms with Crippen molar-refractivity contribution in [3.05, 3.63) is 59.0 Å². The summed E-state index contributed by atoms with van der Waals surface area (Å²) in [6.07, 6.45) is 6.18. The molecule has 8 heteroatoms. The quantitative estimate of drug-likeness (QED) is 0.504. The van der Waals surface area contributed by atoms with Gasteiger partial charge in [0.25, 0.3) is 5.56 Å². The average molecular weight is 464 g/mol. The number of phenols is 1. The lowest BCUT2D eigenvalue weighted by atomic mass is 9.80. The van der Waals surface area contributed by atoms with E-state index in [1.165, 1.54) is 25.1 Å². The summed E-state index contributed by atoms with van der Waals surface area (Å²) in [5, 5.41) is 26.5. The minimum atomic E-state index is -0.872. The van der Waals surface area contributed by atoms with Crippen molar-refractivity contribution in [2.24, 2.45) is 5.92 Å². The zero-order valence-electron chi connectivity index (χ0n) is 19.5. The monoisotopic (exact) mass is 463 g/mol.